The smallest absolute Gasteiger partial charge is 0.136 e. The van der Waals surface area contributed by atoms with E-state index in [0.717, 1.165) is 0 Å². The first-order valence-corrected chi connectivity index (χ1v) is 5.22. The zero-order chi connectivity index (χ0) is 10.6. The van der Waals surface area contributed by atoms with Crippen LogP contribution in [0.2, 0.25) is 0 Å². The van der Waals surface area contributed by atoms with Gasteiger partial charge in [-0.05, 0) is 12.1 Å². The highest BCUT2D eigenvalue weighted by Gasteiger charge is 2.04. The van der Waals surface area contributed by atoms with E-state index in [2.05, 4.69) is 0 Å². The van der Waals surface area contributed by atoms with Gasteiger partial charge in [-0.25, -0.2) is 4.39 Å². The molecule has 2 nitrogen and oxygen atoms in total. The quantitative estimate of drug-likeness (QED) is 0.473. The molecule has 1 N–H and O–H groups in total. The van der Waals surface area contributed by atoms with Crippen LogP contribution in [-0.4, -0.2) is 30.6 Å². The van der Waals surface area contributed by atoms with Crippen LogP contribution in [0.1, 0.15) is 0 Å². The number of hydrogen-bond acceptors (Lipinski definition) is 2. The normalized spacial score (nSPS) is 9.93. The number of nitrogens with one attached hydrogen (secondary N) is 1. The van der Waals surface area contributed by atoms with Gasteiger partial charge in [-0.2, -0.15) is 0 Å². The van der Waals surface area contributed by atoms with Gasteiger partial charge < -0.3 is 4.90 Å². The maximum absolute atomic E-state index is 13.1. The van der Waals surface area contributed by atoms with Crippen LogP contribution in [0.3, 0.4) is 0 Å². The molecule has 0 aliphatic heterocycles. The Labute approximate surface area is 87.6 Å². The van der Waals surface area contributed by atoms with E-state index in [-0.39, 0.29) is 5.82 Å². The molecule has 0 aromatic heterocycles. The Kier molecular flexibility index (Phi) is 3.95. The molecular weight excluding hydrogens is 199 g/mol. The second-order valence-corrected chi connectivity index (χ2v) is 4.08. The molecule has 0 amide bonds. The molecule has 1 aromatic rings. The average molecular weight is 212 g/mol. The summed E-state index contributed by atoms with van der Waals surface area (Å²) in [4.78, 5) is 2.31. The number of rotatable bonds is 3. The largest absolute Gasteiger partial charge is 0.366 e. The van der Waals surface area contributed by atoms with Gasteiger partial charge in [0.2, 0.25) is 0 Å². The Morgan fingerprint density at radius 3 is 2.64 bits per heavy atom. The van der Waals surface area contributed by atoms with Crippen LogP contribution in [0.15, 0.2) is 29.2 Å². The van der Waals surface area contributed by atoms with Crippen molar-refractivity contribution >= 4 is 17.6 Å². The van der Waals surface area contributed by atoms with E-state index in [1.54, 1.807) is 23.1 Å². The number of halogens is 1. The van der Waals surface area contributed by atoms with E-state index in [9.17, 15) is 4.39 Å². The first-order chi connectivity index (χ1) is 6.61. The van der Waals surface area contributed by atoms with Crippen LogP contribution in [0, 0.1) is 11.2 Å². The van der Waals surface area contributed by atoms with Gasteiger partial charge in [-0.1, -0.05) is 12.1 Å². The first-order valence-electron chi connectivity index (χ1n) is 4.23. The first kappa shape index (κ1) is 11.0. The Bertz CT molecular complexity index is 326. The molecule has 0 spiro atoms. The minimum Gasteiger partial charge on any atom is -0.366 e. The lowest BCUT2D eigenvalue weighted by Crippen LogP contribution is -2.22. The highest BCUT2D eigenvalue weighted by Crippen LogP contribution is 2.20. The zero-order valence-corrected chi connectivity index (χ0v) is 9.07. The molecule has 1 rings (SSSR count). The highest BCUT2D eigenvalue weighted by molar-refractivity contribution is 8.00. The number of thioether (sulfide) groups is 1. The standard InChI is InChI=1S/C10H13FN2S/c1-13(2)10(12)7-14-9-6-4-3-5-8(9)11/h3-6,12H,7H2,1-2H3. The molecule has 0 atom stereocenters. The van der Waals surface area contributed by atoms with Gasteiger partial charge in [0.05, 0.1) is 5.75 Å². The van der Waals surface area contributed by atoms with Crippen molar-refractivity contribution in [3.63, 3.8) is 0 Å². The predicted molar refractivity (Wildman–Crippen MR) is 58.5 cm³/mol. The topological polar surface area (TPSA) is 27.1 Å². The highest BCUT2D eigenvalue weighted by atomic mass is 32.2. The monoisotopic (exact) mass is 212 g/mol. The molecule has 76 valence electrons. The van der Waals surface area contributed by atoms with Crippen LogP contribution in [0.4, 0.5) is 4.39 Å². The summed E-state index contributed by atoms with van der Waals surface area (Å²) in [6, 6.07) is 6.62. The van der Waals surface area contributed by atoms with Gasteiger partial charge in [0.1, 0.15) is 11.7 Å². The number of amidine groups is 1. The SMILES string of the molecule is CN(C)C(=N)CSc1ccccc1F. The summed E-state index contributed by atoms with van der Waals surface area (Å²) in [7, 11) is 3.62. The Balaban J connectivity index is 2.54. The van der Waals surface area contributed by atoms with Crippen LogP contribution in [-0.2, 0) is 0 Å². The molecule has 14 heavy (non-hydrogen) atoms. The van der Waals surface area contributed by atoms with Crippen molar-refractivity contribution in [2.75, 3.05) is 19.8 Å². The van der Waals surface area contributed by atoms with E-state index < -0.39 is 0 Å². The minimum atomic E-state index is -0.218. The molecule has 0 aliphatic rings. The maximum atomic E-state index is 13.1. The lowest BCUT2D eigenvalue weighted by atomic mass is 10.3. The summed E-state index contributed by atoms with van der Waals surface area (Å²) < 4.78 is 13.1. The zero-order valence-electron chi connectivity index (χ0n) is 8.25. The third-order valence-electron chi connectivity index (χ3n) is 1.74. The second kappa shape index (κ2) is 5.00. The van der Waals surface area contributed by atoms with Crippen molar-refractivity contribution in [3.05, 3.63) is 30.1 Å². The minimum absolute atomic E-state index is 0.218. The van der Waals surface area contributed by atoms with Crippen molar-refractivity contribution in [1.29, 1.82) is 5.41 Å². The molecular formula is C10H13FN2S. The fourth-order valence-corrected chi connectivity index (χ4v) is 1.77. The van der Waals surface area contributed by atoms with Crippen molar-refractivity contribution in [1.82, 2.24) is 4.90 Å². The summed E-state index contributed by atoms with van der Waals surface area (Å²) in [6.45, 7) is 0. The van der Waals surface area contributed by atoms with Crippen molar-refractivity contribution in [3.8, 4) is 0 Å². The number of benzene rings is 1. The number of nitrogens with zero attached hydrogens (tertiary/aromatic N) is 1. The van der Waals surface area contributed by atoms with Crippen LogP contribution in [0.25, 0.3) is 0 Å². The molecule has 0 fully saturated rings. The van der Waals surface area contributed by atoms with Crippen LogP contribution < -0.4 is 0 Å². The second-order valence-electron chi connectivity index (χ2n) is 3.06. The molecule has 0 bridgehead atoms. The summed E-state index contributed by atoms with van der Waals surface area (Å²) in [6.07, 6.45) is 0. The van der Waals surface area contributed by atoms with Crippen molar-refractivity contribution < 1.29 is 4.39 Å². The average Bonchev–Trinajstić information content (AvgIpc) is 2.16. The molecule has 0 heterocycles. The van der Waals surface area contributed by atoms with E-state index in [0.29, 0.717) is 16.5 Å². The Morgan fingerprint density at radius 1 is 1.43 bits per heavy atom. The lowest BCUT2D eigenvalue weighted by molar-refractivity contribution is 0.601. The molecule has 0 unspecified atom stereocenters. The molecule has 0 saturated heterocycles. The third kappa shape index (κ3) is 3.03. The third-order valence-corrected chi connectivity index (χ3v) is 2.80. The fourth-order valence-electron chi connectivity index (χ4n) is 0.837. The van der Waals surface area contributed by atoms with E-state index in [1.165, 1.54) is 17.8 Å². The maximum Gasteiger partial charge on any atom is 0.136 e. The van der Waals surface area contributed by atoms with E-state index in [4.69, 9.17) is 5.41 Å². The van der Waals surface area contributed by atoms with E-state index >= 15 is 0 Å². The Hall–Kier alpha value is -1.03. The van der Waals surface area contributed by atoms with Crippen molar-refractivity contribution in [2.45, 2.75) is 4.90 Å². The predicted octanol–water partition coefficient (Wildman–Crippen LogP) is 2.46. The number of hydrogen-bond donors (Lipinski definition) is 1. The Morgan fingerprint density at radius 2 is 2.07 bits per heavy atom. The molecule has 4 heteroatoms. The van der Waals surface area contributed by atoms with E-state index in [1.807, 2.05) is 14.1 Å². The van der Waals surface area contributed by atoms with Gasteiger partial charge in [0.25, 0.3) is 0 Å². The molecule has 0 radical (unpaired) electrons. The van der Waals surface area contributed by atoms with Gasteiger partial charge in [-0.15, -0.1) is 11.8 Å². The lowest BCUT2D eigenvalue weighted by Gasteiger charge is -2.12. The molecule has 0 aliphatic carbocycles. The van der Waals surface area contributed by atoms with Crippen LogP contribution >= 0.6 is 11.8 Å². The summed E-state index contributed by atoms with van der Waals surface area (Å²) in [5.74, 6) is 0.760. The summed E-state index contributed by atoms with van der Waals surface area (Å²) >= 11 is 1.34. The summed E-state index contributed by atoms with van der Waals surface area (Å²) in [5, 5.41) is 7.55. The molecule has 0 saturated carbocycles. The van der Waals surface area contributed by atoms with Gasteiger partial charge in [0.15, 0.2) is 0 Å². The van der Waals surface area contributed by atoms with Gasteiger partial charge in [0, 0.05) is 19.0 Å². The van der Waals surface area contributed by atoms with Crippen molar-refractivity contribution in [2.24, 2.45) is 0 Å². The van der Waals surface area contributed by atoms with Gasteiger partial charge >= 0.3 is 0 Å². The van der Waals surface area contributed by atoms with Gasteiger partial charge in [-0.3, -0.25) is 5.41 Å². The molecule has 1 aromatic carbocycles. The van der Waals surface area contributed by atoms with Crippen LogP contribution in [0.5, 0.6) is 0 Å². The fraction of sp³-hybridized carbons (Fsp3) is 0.300. The summed E-state index contributed by atoms with van der Waals surface area (Å²) in [5.41, 5.74) is 0.